The number of hydrogen-bond acceptors (Lipinski definition) is 3. The molecule has 0 aliphatic carbocycles. The van der Waals surface area contributed by atoms with Gasteiger partial charge in [0.25, 0.3) is 0 Å². The second-order valence-corrected chi connectivity index (χ2v) is 2.15. The average Bonchev–Trinajstić information content (AvgIpc) is 2.14. The Morgan fingerprint density at radius 2 is 2.22 bits per heavy atom. The molecule has 48 valence electrons. The molecule has 0 fully saturated rings. The molecule has 0 atom stereocenters. The van der Waals surface area contributed by atoms with Crippen molar-refractivity contribution >= 4 is 0 Å². The molecule has 9 heavy (non-hydrogen) atoms. The summed E-state index contributed by atoms with van der Waals surface area (Å²) in [5.74, 6) is 1.08. The van der Waals surface area contributed by atoms with E-state index in [2.05, 4.69) is 14.7 Å². The van der Waals surface area contributed by atoms with Crippen molar-refractivity contribution in [3.63, 3.8) is 0 Å². The van der Waals surface area contributed by atoms with Gasteiger partial charge < -0.3 is 4.52 Å². The maximum absolute atomic E-state index is 5.18. The lowest BCUT2D eigenvalue weighted by Gasteiger charge is -1.90. The van der Waals surface area contributed by atoms with E-state index < -0.39 is 0 Å². The van der Waals surface area contributed by atoms with Crippen molar-refractivity contribution in [1.29, 1.82) is 0 Å². The van der Waals surface area contributed by atoms with E-state index in [0.29, 0.717) is 5.82 Å². The predicted molar refractivity (Wildman–Crippen MR) is 31.8 cm³/mol. The van der Waals surface area contributed by atoms with Crippen LogP contribution in [0.15, 0.2) is 4.52 Å². The van der Waals surface area contributed by atoms with Gasteiger partial charge in [0.1, 0.15) is 0 Å². The average molecular weight is 124 g/mol. The van der Waals surface area contributed by atoms with Gasteiger partial charge in [0.15, 0.2) is 5.82 Å². The smallest absolute Gasteiger partial charge is 0.231 e. The highest BCUT2D eigenvalue weighted by Crippen LogP contribution is 2.07. The van der Waals surface area contributed by atoms with Gasteiger partial charge in [-0.2, -0.15) is 4.98 Å². The Hall–Kier alpha value is -0.860. The van der Waals surface area contributed by atoms with Crippen LogP contribution in [0.1, 0.15) is 31.5 Å². The van der Waals surface area contributed by atoms with E-state index >= 15 is 0 Å². The SMILES string of the molecule is [CH]c1nc(C(C)C)no1. The van der Waals surface area contributed by atoms with Crippen molar-refractivity contribution < 1.29 is 4.52 Å². The van der Waals surface area contributed by atoms with Gasteiger partial charge in [-0.25, -0.2) is 0 Å². The quantitative estimate of drug-likeness (QED) is 0.565. The number of hydrogen-bond donors (Lipinski definition) is 0. The maximum Gasteiger partial charge on any atom is 0.231 e. The van der Waals surface area contributed by atoms with Gasteiger partial charge in [-0.05, 0) is 0 Å². The topological polar surface area (TPSA) is 38.9 Å². The van der Waals surface area contributed by atoms with E-state index in [4.69, 9.17) is 6.92 Å². The highest BCUT2D eigenvalue weighted by atomic mass is 16.5. The lowest BCUT2D eigenvalue weighted by atomic mass is 10.2. The Morgan fingerprint density at radius 3 is 2.44 bits per heavy atom. The molecule has 1 aromatic heterocycles. The zero-order valence-electron chi connectivity index (χ0n) is 5.46. The summed E-state index contributed by atoms with van der Waals surface area (Å²) in [6.45, 7) is 9.13. The molecule has 1 rings (SSSR count). The molecule has 0 saturated carbocycles. The third-order valence-electron chi connectivity index (χ3n) is 0.974. The van der Waals surface area contributed by atoms with Crippen molar-refractivity contribution in [2.24, 2.45) is 0 Å². The normalized spacial score (nSPS) is 10.7. The van der Waals surface area contributed by atoms with E-state index in [1.807, 2.05) is 13.8 Å². The van der Waals surface area contributed by atoms with Crippen LogP contribution in [0.2, 0.25) is 0 Å². The van der Waals surface area contributed by atoms with Gasteiger partial charge in [-0.15, -0.1) is 0 Å². The first-order chi connectivity index (χ1) is 4.20. The van der Waals surface area contributed by atoms with Crippen LogP contribution in [0.3, 0.4) is 0 Å². The zero-order valence-corrected chi connectivity index (χ0v) is 5.46. The molecular formula is C6H8N2O. The van der Waals surface area contributed by atoms with Crippen molar-refractivity contribution in [2.75, 3.05) is 0 Å². The third-order valence-corrected chi connectivity index (χ3v) is 0.974. The molecule has 1 heterocycles. The Balaban J connectivity index is 2.85. The van der Waals surface area contributed by atoms with E-state index in [9.17, 15) is 0 Å². The minimum atomic E-state index is 0.138. The van der Waals surface area contributed by atoms with Crippen LogP contribution in [-0.4, -0.2) is 10.1 Å². The molecule has 3 heteroatoms. The van der Waals surface area contributed by atoms with Crippen molar-refractivity contribution in [2.45, 2.75) is 19.8 Å². The van der Waals surface area contributed by atoms with Gasteiger partial charge in [0.05, 0.1) is 6.92 Å². The zero-order chi connectivity index (χ0) is 6.85. The Morgan fingerprint density at radius 1 is 1.56 bits per heavy atom. The van der Waals surface area contributed by atoms with Crippen LogP contribution in [0.25, 0.3) is 0 Å². The Labute approximate surface area is 54.1 Å². The second kappa shape index (κ2) is 2.17. The van der Waals surface area contributed by atoms with Crippen LogP contribution >= 0.6 is 0 Å². The largest absolute Gasteiger partial charge is 0.339 e. The summed E-state index contributed by atoms with van der Waals surface area (Å²) in [6.07, 6.45) is 0. The summed E-state index contributed by atoms with van der Waals surface area (Å²) in [7, 11) is 0. The summed E-state index contributed by atoms with van der Waals surface area (Å²) in [6, 6.07) is 0. The molecule has 0 spiro atoms. The Kier molecular flexibility index (Phi) is 1.51. The summed E-state index contributed by atoms with van der Waals surface area (Å²) in [4.78, 5) is 3.81. The first-order valence-corrected chi connectivity index (χ1v) is 2.79. The minimum absolute atomic E-state index is 0.138. The summed E-state index contributed by atoms with van der Waals surface area (Å²) in [5, 5.41) is 3.60. The molecule has 0 bridgehead atoms. The van der Waals surface area contributed by atoms with Crippen LogP contribution < -0.4 is 0 Å². The van der Waals surface area contributed by atoms with E-state index in [0.717, 1.165) is 0 Å². The van der Waals surface area contributed by atoms with E-state index in [1.165, 1.54) is 0 Å². The fraction of sp³-hybridized carbons (Fsp3) is 0.500. The van der Waals surface area contributed by atoms with Gasteiger partial charge in [0, 0.05) is 5.92 Å². The van der Waals surface area contributed by atoms with Gasteiger partial charge in [-0.1, -0.05) is 19.0 Å². The number of nitrogens with zero attached hydrogens (tertiary/aromatic N) is 2. The molecule has 0 N–H and O–H groups in total. The molecule has 1 aromatic rings. The van der Waals surface area contributed by atoms with E-state index in [-0.39, 0.29) is 11.8 Å². The third kappa shape index (κ3) is 1.28. The van der Waals surface area contributed by atoms with Gasteiger partial charge >= 0.3 is 0 Å². The molecule has 0 amide bonds. The molecule has 0 aliphatic heterocycles. The first-order valence-electron chi connectivity index (χ1n) is 2.79. The summed E-state index contributed by atoms with van der Waals surface area (Å²) in [5.41, 5.74) is 0. The Bertz CT molecular complexity index is 193. The highest BCUT2D eigenvalue weighted by Gasteiger charge is 2.04. The fourth-order valence-corrected chi connectivity index (χ4v) is 0.482. The molecule has 0 saturated heterocycles. The molecule has 3 nitrogen and oxygen atoms in total. The van der Waals surface area contributed by atoms with Crippen LogP contribution in [0, 0.1) is 6.92 Å². The number of aromatic nitrogens is 2. The standard InChI is InChI=1S/C6H8N2O/c1-4(2)6-7-5(3)9-8-6/h3-4H,1-2H3. The lowest BCUT2D eigenvalue weighted by Crippen LogP contribution is -1.88. The fourth-order valence-electron chi connectivity index (χ4n) is 0.482. The monoisotopic (exact) mass is 124 g/mol. The van der Waals surface area contributed by atoms with Crippen LogP contribution in [0.4, 0.5) is 0 Å². The van der Waals surface area contributed by atoms with E-state index in [1.54, 1.807) is 0 Å². The number of rotatable bonds is 1. The van der Waals surface area contributed by atoms with Crippen LogP contribution in [-0.2, 0) is 0 Å². The maximum atomic E-state index is 5.18. The van der Waals surface area contributed by atoms with Gasteiger partial charge in [0.2, 0.25) is 5.89 Å². The molecular weight excluding hydrogens is 116 g/mol. The van der Waals surface area contributed by atoms with Crippen molar-refractivity contribution in [3.05, 3.63) is 18.6 Å². The summed E-state index contributed by atoms with van der Waals surface area (Å²) < 4.78 is 4.54. The summed E-state index contributed by atoms with van der Waals surface area (Å²) >= 11 is 0. The minimum Gasteiger partial charge on any atom is -0.339 e. The highest BCUT2D eigenvalue weighted by molar-refractivity contribution is 4.92. The van der Waals surface area contributed by atoms with Gasteiger partial charge in [-0.3, -0.25) is 0 Å². The lowest BCUT2D eigenvalue weighted by molar-refractivity contribution is 0.395. The second-order valence-electron chi connectivity index (χ2n) is 2.15. The molecule has 0 unspecified atom stereocenters. The van der Waals surface area contributed by atoms with Crippen molar-refractivity contribution in [1.82, 2.24) is 10.1 Å². The molecule has 0 aromatic carbocycles. The van der Waals surface area contributed by atoms with Crippen molar-refractivity contribution in [3.8, 4) is 0 Å². The first kappa shape index (κ1) is 6.26. The predicted octanol–water partition coefficient (Wildman–Crippen LogP) is 1.25. The molecule has 0 aliphatic rings. The van der Waals surface area contributed by atoms with Crippen LogP contribution in [0.5, 0.6) is 0 Å². The molecule has 2 radical (unpaired) electrons.